The normalized spacial score (nSPS) is 17.9. The lowest BCUT2D eigenvalue weighted by molar-refractivity contribution is -0.148. The number of aliphatic hydroxyl groups excluding tert-OH is 1. The maximum atomic E-state index is 14.8. The number of imide groups is 1. The summed E-state index contributed by atoms with van der Waals surface area (Å²) < 4.78 is 12.0. The first-order chi connectivity index (χ1) is 41.9. The molecule has 12 atom stereocenters. The molecule has 89 heavy (non-hydrogen) atoms. The number of rotatable bonds is 39. The molecule has 11 amide bonds. The molecule has 500 valence electrons. The SMILES string of the molecule is CC[C@H](C)[C@@H]([C@@H](CC(=O)N1CCC[C@H]1[C@H](OC)[C@@H](C)C(=O)N[C@H](C)[C@@H](O)c1ccccc1)OC)N(C)C(=O)[C@@H](NC(=O)[C@H](C(C)C)N(C)C(=O)CNC(=O)C(CCCNC(N)=O)CC(=O)[C@@H](NC(=O)CCN(C)CCCN1C(=O)C=CC1=O)C(C)C)C(C)C. The molecule has 1 aromatic carbocycles. The Hall–Kier alpha value is -6.83. The van der Waals surface area contributed by atoms with Crippen LogP contribution in [0.5, 0.6) is 0 Å². The molecule has 0 spiro atoms. The number of methoxy groups -OCH3 is 2. The average molecular weight is 1250 g/mol. The summed E-state index contributed by atoms with van der Waals surface area (Å²) in [7, 11) is 7.83. The van der Waals surface area contributed by atoms with Gasteiger partial charge in [0.1, 0.15) is 12.1 Å². The highest BCUT2D eigenvalue weighted by Gasteiger charge is 2.44. The smallest absolute Gasteiger partial charge is 0.312 e. The number of ketones is 1. The Morgan fingerprint density at radius 2 is 1.37 bits per heavy atom. The van der Waals surface area contributed by atoms with Gasteiger partial charge in [0, 0.05) is 85.4 Å². The molecule has 2 aliphatic rings. The van der Waals surface area contributed by atoms with Crippen molar-refractivity contribution in [2.75, 3.05) is 74.6 Å². The van der Waals surface area contributed by atoms with Gasteiger partial charge in [-0.2, -0.15) is 0 Å². The fourth-order valence-corrected chi connectivity index (χ4v) is 11.8. The number of amides is 11. The van der Waals surface area contributed by atoms with Crippen molar-refractivity contribution in [3.63, 3.8) is 0 Å². The van der Waals surface area contributed by atoms with Gasteiger partial charge in [0.05, 0.1) is 61.4 Å². The Balaban J connectivity index is 1.71. The summed E-state index contributed by atoms with van der Waals surface area (Å²) in [5.41, 5.74) is 5.93. The van der Waals surface area contributed by atoms with Crippen LogP contribution in [0.3, 0.4) is 0 Å². The molecule has 0 radical (unpaired) electrons. The van der Waals surface area contributed by atoms with Gasteiger partial charge >= 0.3 is 6.03 Å². The molecule has 8 N–H and O–H groups in total. The van der Waals surface area contributed by atoms with E-state index in [0.29, 0.717) is 50.9 Å². The van der Waals surface area contributed by atoms with Gasteiger partial charge in [-0.15, -0.1) is 0 Å². The summed E-state index contributed by atoms with van der Waals surface area (Å²) >= 11 is 0. The second-order valence-corrected chi connectivity index (χ2v) is 25.0. The first-order valence-electron chi connectivity index (χ1n) is 31.5. The first kappa shape index (κ1) is 76.4. The molecular weight excluding hydrogens is 1150 g/mol. The van der Waals surface area contributed by atoms with Gasteiger partial charge in [-0.1, -0.05) is 99.1 Å². The van der Waals surface area contributed by atoms with Crippen molar-refractivity contribution in [3.8, 4) is 0 Å². The molecule has 2 heterocycles. The van der Waals surface area contributed by atoms with Crippen molar-refractivity contribution < 1.29 is 67.3 Å². The Morgan fingerprint density at radius 3 is 1.93 bits per heavy atom. The maximum absolute atomic E-state index is 14.8. The molecule has 0 aromatic heterocycles. The lowest BCUT2D eigenvalue weighted by Crippen LogP contribution is -2.60. The third-order valence-electron chi connectivity index (χ3n) is 17.3. The van der Waals surface area contributed by atoms with Gasteiger partial charge in [-0.25, -0.2) is 4.79 Å². The molecule has 1 fully saturated rings. The zero-order valence-corrected chi connectivity index (χ0v) is 55.4. The van der Waals surface area contributed by atoms with E-state index in [9.17, 15) is 57.8 Å². The minimum Gasteiger partial charge on any atom is -0.386 e. The van der Waals surface area contributed by atoms with Crippen LogP contribution in [0, 0.1) is 35.5 Å². The lowest BCUT2D eigenvalue weighted by atomic mass is 9.89. The molecule has 0 saturated carbocycles. The molecule has 25 nitrogen and oxygen atoms in total. The number of nitrogens with zero attached hydrogens (tertiary/aromatic N) is 5. The number of urea groups is 1. The third-order valence-corrected chi connectivity index (χ3v) is 17.3. The van der Waals surface area contributed by atoms with Crippen LogP contribution in [-0.2, 0) is 57.4 Å². The summed E-state index contributed by atoms with van der Waals surface area (Å²) in [5.74, 6) is -7.67. The highest BCUT2D eigenvalue weighted by atomic mass is 16.5. The zero-order valence-electron chi connectivity index (χ0n) is 55.4. The van der Waals surface area contributed by atoms with Crippen LogP contribution in [0.4, 0.5) is 4.79 Å². The summed E-state index contributed by atoms with van der Waals surface area (Å²) in [4.78, 5) is 155. The van der Waals surface area contributed by atoms with Gasteiger partial charge in [-0.05, 0) is 81.9 Å². The molecule has 3 rings (SSSR count). The third kappa shape index (κ3) is 22.9. The van der Waals surface area contributed by atoms with Crippen LogP contribution in [0.15, 0.2) is 42.5 Å². The summed E-state index contributed by atoms with van der Waals surface area (Å²) in [6.07, 6.45) is 2.36. The topological polar surface area (TPSA) is 329 Å². The van der Waals surface area contributed by atoms with Crippen LogP contribution in [0.2, 0.25) is 0 Å². The van der Waals surface area contributed by atoms with Crippen LogP contribution in [0.25, 0.3) is 0 Å². The molecule has 1 saturated heterocycles. The number of Topliss-reactive ketones (excluding diaryl/α,β-unsaturated/α-hetero) is 1. The summed E-state index contributed by atoms with van der Waals surface area (Å²) in [6.45, 7) is 19.0. The predicted molar refractivity (Wildman–Crippen MR) is 336 cm³/mol. The van der Waals surface area contributed by atoms with Gasteiger partial charge in [-0.3, -0.25) is 52.8 Å². The number of ether oxygens (including phenoxy) is 2. The quantitative estimate of drug-likeness (QED) is 0.0368. The Morgan fingerprint density at radius 1 is 0.742 bits per heavy atom. The monoisotopic (exact) mass is 1250 g/mol. The Labute approximate surface area is 527 Å². The van der Waals surface area contributed by atoms with E-state index < -0.39 is 126 Å². The molecule has 25 heteroatoms. The van der Waals surface area contributed by atoms with Gasteiger partial charge in [0.15, 0.2) is 5.78 Å². The van der Waals surface area contributed by atoms with Crippen LogP contribution in [0.1, 0.15) is 139 Å². The minimum absolute atomic E-state index is 0.0412. The van der Waals surface area contributed by atoms with Crippen molar-refractivity contribution in [1.29, 1.82) is 0 Å². The maximum Gasteiger partial charge on any atom is 0.312 e. The number of carbonyl (C=O) groups excluding carboxylic acids is 11. The number of nitrogens with one attached hydrogen (secondary N) is 5. The Bertz CT molecular complexity index is 2550. The van der Waals surface area contributed by atoms with E-state index in [1.807, 2.05) is 36.9 Å². The average Bonchev–Trinajstić information content (AvgIpc) is 3.81. The molecular formula is C64H105N11O14. The minimum atomic E-state index is -1.12. The van der Waals surface area contributed by atoms with Crippen molar-refractivity contribution in [2.24, 2.45) is 41.2 Å². The summed E-state index contributed by atoms with van der Waals surface area (Å²) in [5, 5.41) is 24.7. The molecule has 0 bridgehead atoms. The zero-order chi connectivity index (χ0) is 67.0. The van der Waals surface area contributed by atoms with Crippen molar-refractivity contribution >= 4 is 65.0 Å². The second kappa shape index (κ2) is 37.4. The highest BCUT2D eigenvalue weighted by molar-refractivity contribution is 6.12. The van der Waals surface area contributed by atoms with E-state index in [2.05, 4.69) is 26.6 Å². The fourth-order valence-electron chi connectivity index (χ4n) is 11.8. The standard InChI is InChI=1S/C64H105N11O14/c1-16-41(8)57(48(88-14)36-52(80)74-32-21-26-46(74)59(89-15)42(9)60(83)68-43(10)58(82)44-23-18-17-19-24-44)73(13)63(86)55(39(4)5)70-62(85)56(40(6)7)72(12)53(81)37-67-61(84)45(25-20-30-66-64(65)87)35-47(76)54(38(2)3)69-49(77)29-34-71(11)31-22-33-75-50(78)27-28-51(75)79/h17-19,23-24,27-28,38-43,45-46,48,54-59,82H,16,20-22,25-26,29-37H2,1-15H3,(H,67,84)(H,68,83)(H,69,77)(H,70,85)(H3,65,66,87)/t41-,42+,43+,45?,46-,48+,54-,55-,56-,57-,58+,59+/m0/s1. The van der Waals surface area contributed by atoms with E-state index in [-0.39, 0.29) is 80.7 Å². The van der Waals surface area contributed by atoms with E-state index in [1.165, 1.54) is 43.2 Å². The number of hydrogen-bond acceptors (Lipinski definition) is 15. The number of aliphatic hydroxyl groups is 1. The summed E-state index contributed by atoms with van der Waals surface area (Å²) in [6, 6.07) is 3.39. The van der Waals surface area contributed by atoms with E-state index in [0.717, 1.165) is 4.90 Å². The number of carbonyl (C=O) groups is 11. The lowest BCUT2D eigenvalue weighted by Gasteiger charge is -2.41. The first-order valence-corrected chi connectivity index (χ1v) is 31.5. The van der Waals surface area contributed by atoms with E-state index >= 15 is 0 Å². The Kier molecular flexibility index (Phi) is 32.1. The van der Waals surface area contributed by atoms with Gasteiger partial charge in [0.25, 0.3) is 11.8 Å². The highest BCUT2D eigenvalue weighted by Crippen LogP contribution is 2.30. The van der Waals surface area contributed by atoms with Gasteiger partial charge < -0.3 is 66.5 Å². The molecule has 0 aliphatic carbocycles. The number of primary amides is 1. The van der Waals surface area contributed by atoms with Crippen LogP contribution < -0.4 is 32.3 Å². The number of likely N-dealkylation sites (tertiary alicyclic amines) is 1. The number of benzene rings is 1. The molecule has 2 aliphatic heterocycles. The fraction of sp³-hybridized carbons (Fsp3) is 0.703. The molecule has 1 aromatic rings. The van der Waals surface area contributed by atoms with Gasteiger partial charge in [0.2, 0.25) is 41.4 Å². The van der Waals surface area contributed by atoms with Crippen LogP contribution in [-0.4, -0.2) is 218 Å². The van der Waals surface area contributed by atoms with E-state index in [4.69, 9.17) is 15.2 Å². The number of nitrogens with two attached hydrogens (primary N) is 1. The predicted octanol–water partition coefficient (Wildman–Crippen LogP) is 2.69. The van der Waals surface area contributed by atoms with Crippen molar-refractivity contribution in [3.05, 3.63) is 48.0 Å². The molecule has 1 unspecified atom stereocenters. The van der Waals surface area contributed by atoms with Crippen molar-refractivity contribution in [1.82, 2.24) is 51.1 Å². The number of hydrogen-bond donors (Lipinski definition) is 7. The second-order valence-electron chi connectivity index (χ2n) is 25.0. The van der Waals surface area contributed by atoms with Crippen molar-refractivity contribution in [2.45, 2.75) is 182 Å². The largest absolute Gasteiger partial charge is 0.386 e. The van der Waals surface area contributed by atoms with E-state index in [1.54, 1.807) is 86.5 Å². The van der Waals surface area contributed by atoms with Crippen LogP contribution >= 0.6 is 0 Å². The number of likely N-dealkylation sites (N-methyl/N-ethyl adjacent to an activating group) is 2.